The molecule has 0 aliphatic carbocycles. The average molecular weight is 525 g/mol. The van der Waals surface area contributed by atoms with Crippen molar-refractivity contribution in [2.75, 3.05) is 37.0 Å². The number of aryl methyl sites for hydroxylation is 1. The van der Waals surface area contributed by atoms with Crippen LogP contribution in [0.25, 0.3) is 0 Å². The first kappa shape index (κ1) is 25.7. The van der Waals surface area contributed by atoms with E-state index in [1.54, 1.807) is 37.3 Å². The van der Waals surface area contributed by atoms with E-state index in [0.717, 1.165) is 4.31 Å². The zero-order valence-electron chi connectivity index (χ0n) is 20.3. The molecule has 0 saturated heterocycles. The third kappa shape index (κ3) is 5.26. The number of para-hydroxylation sites is 2. The highest BCUT2D eigenvalue weighted by molar-refractivity contribution is 7.92. The number of benzene rings is 3. The van der Waals surface area contributed by atoms with E-state index in [1.165, 1.54) is 44.5 Å². The maximum Gasteiger partial charge on any atom is 0.338 e. The Bertz CT molecular complexity index is 1500. The van der Waals surface area contributed by atoms with Crippen molar-refractivity contribution in [2.24, 2.45) is 0 Å². The maximum atomic E-state index is 13.3. The Morgan fingerprint density at radius 2 is 1.84 bits per heavy atom. The normalized spacial score (nSPS) is 12.6. The number of carbonyl (C=O) groups is 3. The van der Waals surface area contributed by atoms with Crippen LogP contribution < -0.4 is 19.1 Å². The molecule has 0 aromatic heterocycles. The van der Waals surface area contributed by atoms with E-state index >= 15 is 0 Å². The minimum absolute atomic E-state index is 0.00778. The summed E-state index contributed by atoms with van der Waals surface area (Å²) in [5.74, 6) is -0.900. The van der Waals surface area contributed by atoms with Crippen molar-refractivity contribution >= 4 is 39.1 Å². The SMILES string of the molecule is COc1ccccc1N(C)S(=O)(=O)c1ccc(C)c(C(=O)OCC(=O)c2ccc3c(c2)NC(=O)CO3)c1. The largest absolute Gasteiger partial charge is 0.495 e. The number of methoxy groups -OCH3 is 1. The van der Waals surface area contributed by atoms with Gasteiger partial charge in [-0.2, -0.15) is 0 Å². The Hall–Kier alpha value is -4.38. The molecule has 0 radical (unpaired) electrons. The van der Waals surface area contributed by atoms with Crippen LogP contribution in [0.2, 0.25) is 0 Å². The summed E-state index contributed by atoms with van der Waals surface area (Å²) >= 11 is 0. The number of nitrogens with zero attached hydrogens (tertiary/aromatic N) is 1. The van der Waals surface area contributed by atoms with Crippen LogP contribution in [0.1, 0.15) is 26.3 Å². The van der Waals surface area contributed by atoms with E-state index < -0.39 is 28.4 Å². The third-order valence-corrected chi connectivity index (χ3v) is 7.55. The summed E-state index contributed by atoms with van der Waals surface area (Å²) in [4.78, 5) is 36.8. The van der Waals surface area contributed by atoms with E-state index in [-0.39, 0.29) is 28.5 Å². The predicted octanol–water partition coefficient (Wildman–Crippen LogP) is 3.20. The lowest BCUT2D eigenvalue weighted by Gasteiger charge is -2.22. The molecule has 0 bridgehead atoms. The number of ketones is 1. The molecule has 4 rings (SSSR count). The van der Waals surface area contributed by atoms with Gasteiger partial charge in [-0.25, -0.2) is 13.2 Å². The van der Waals surface area contributed by atoms with Crippen molar-refractivity contribution < 1.29 is 37.0 Å². The average Bonchev–Trinajstić information content (AvgIpc) is 2.90. The van der Waals surface area contributed by atoms with E-state index in [0.29, 0.717) is 28.4 Å². The Morgan fingerprint density at radius 3 is 2.59 bits per heavy atom. The molecule has 10 nitrogen and oxygen atoms in total. The molecule has 1 aliphatic rings. The van der Waals surface area contributed by atoms with Crippen LogP contribution in [0.5, 0.6) is 11.5 Å². The maximum absolute atomic E-state index is 13.3. The summed E-state index contributed by atoms with van der Waals surface area (Å²) in [6.45, 7) is 0.940. The van der Waals surface area contributed by atoms with Gasteiger partial charge in [-0.15, -0.1) is 0 Å². The van der Waals surface area contributed by atoms with E-state index in [1.807, 2.05) is 0 Å². The summed E-state index contributed by atoms with van der Waals surface area (Å²) in [7, 11) is -1.23. The standard InChI is InChI=1S/C26H24N2O8S/c1-16-8-10-18(37(32,33)28(2)21-6-4-5-7-24(21)34-3)13-19(16)26(31)36-14-22(29)17-9-11-23-20(12-17)27-25(30)15-35-23/h4-13H,14-15H2,1-3H3,(H,27,30). The van der Waals surface area contributed by atoms with Crippen LogP contribution in [0, 0.1) is 6.92 Å². The predicted molar refractivity (Wildman–Crippen MR) is 135 cm³/mol. The van der Waals surface area contributed by atoms with Crippen molar-refractivity contribution in [3.8, 4) is 11.5 Å². The van der Waals surface area contributed by atoms with Gasteiger partial charge < -0.3 is 19.5 Å². The summed E-state index contributed by atoms with van der Waals surface area (Å²) in [6, 6.07) is 15.2. The number of Topliss-reactive ketones (excluding diaryl/α,β-unsaturated/α-hetero) is 1. The van der Waals surface area contributed by atoms with Gasteiger partial charge in [0.2, 0.25) is 0 Å². The van der Waals surface area contributed by atoms with E-state index in [9.17, 15) is 22.8 Å². The molecule has 1 amide bonds. The minimum atomic E-state index is -4.05. The summed E-state index contributed by atoms with van der Waals surface area (Å²) in [6.07, 6.45) is 0. The molecular formula is C26H24N2O8S. The van der Waals surface area contributed by atoms with Gasteiger partial charge >= 0.3 is 5.97 Å². The number of hydrogen-bond acceptors (Lipinski definition) is 8. The summed E-state index contributed by atoms with van der Waals surface area (Å²) in [5, 5.41) is 2.61. The lowest BCUT2D eigenvalue weighted by atomic mass is 10.1. The van der Waals surface area contributed by atoms with Crippen molar-refractivity contribution in [1.82, 2.24) is 0 Å². The fraction of sp³-hybridized carbons (Fsp3) is 0.192. The first-order chi connectivity index (χ1) is 17.6. The molecule has 0 unspecified atom stereocenters. The second kappa shape index (κ2) is 10.3. The van der Waals surface area contributed by atoms with Crippen LogP contribution in [-0.4, -0.2) is 53.4 Å². The highest BCUT2D eigenvalue weighted by Gasteiger charge is 2.26. The quantitative estimate of drug-likeness (QED) is 0.351. The van der Waals surface area contributed by atoms with Crippen molar-refractivity contribution in [2.45, 2.75) is 11.8 Å². The zero-order chi connectivity index (χ0) is 26.7. The lowest BCUT2D eigenvalue weighted by Crippen LogP contribution is -2.27. The molecular weight excluding hydrogens is 500 g/mol. The van der Waals surface area contributed by atoms with E-state index in [2.05, 4.69) is 5.32 Å². The van der Waals surface area contributed by atoms with Crippen molar-refractivity contribution in [3.63, 3.8) is 0 Å². The number of anilines is 2. The molecule has 1 heterocycles. The fourth-order valence-electron chi connectivity index (χ4n) is 3.71. The molecule has 11 heteroatoms. The number of hydrogen-bond donors (Lipinski definition) is 1. The second-order valence-electron chi connectivity index (χ2n) is 8.17. The summed E-state index contributed by atoms with van der Waals surface area (Å²) in [5.41, 5.74) is 1.37. The number of rotatable bonds is 8. The molecule has 0 fully saturated rings. The number of esters is 1. The first-order valence-electron chi connectivity index (χ1n) is 11.1. The van der Waals surface area contributed by atoms with Crippen LogP contribution >= 0.6 is 0 Å². The molecule has 0 atom stereocenters. The fourth-order valence-corrected chi connectivity index (χ4v) is 4.94. The van der Waals surface area contributed by atoms with Crippen LogP contribution in [0.4, 0.5) is 11.4 Å². The number of ether oxygens (including phenoxy) is 3. The molecule has 192 valence electrons. The molecule has 1 aliphatic heterocycles. The smallest absolute Gasteiger partial charge is 0.338 e. The molecule has 3 aromatic carbocycles. The number of fused-ring (bicyclic) bond motifs is 1. The lowest BCUT2D eigenvalue weighted by molar-refractivity contribution is -0.118. The van der Waals surface area contributed by atoms with Gasteiger partial charge in [-0.1, -0.05) is 18.2 Å². The topological polar surface area (TPSA) is 128 Å². The number of nitrogens with one attached hydrogen (secondary N) is 1. The highest BCUT2D eigenvalue weighted by Crippen LogP contribution is 2.32. The number of sulfonamides is 1. The van der Waals surface area contributed by atoms with Gasteiger partial charge in [0, 0.05) is 12.6 Å². The van der Waals surface area contributed by atoms with Gasteiger partial charge in [0.05, 0.1) is 28.9 Å². The van der Waals surface area contributed by atoms with Gasteiger partial charge in [-0.05, 0) is 55.0 Å². The first-order valence-corrected chi connectivity index (χ1v) is 12.6. The molecule has 3 aromatic rings. The van der Waals surface area contributed by atoms with Crippen LogP contribution in [-0.2, 0) is 19.6 Å². The molecule has 0 spiro atoms. The van der Waals surface area contributed by atoms with Crippen molar-refractivity contribution in [1.29, 1.82) is 0 Å². The Labute approximate surface area is 213 Å². The van der Waals surface area contributed by atoms with E-state index in [4.69, 9.17) is 14.2 Å². The van der Waals surface area contributed by atoms with Gasteiger partial charge in [0.1, 0.15) is 11.5 Å². The van der Waals surface area contributed by atoms with Gasteiger partial charge in [-0.3, -0.25) is 13.9 Å². The monoisotopic (exact) mass is 524 g/mol. The second-order valence-corrected chi connectivity index (χ2v) is 10.1. The third-order valence-electron chi connectivity index (χ3n) is 5.78. The van der Waals surface area contributed by atoms with Gasteiger partial charge in [0.15, 0.2) is 19.0 Å². The zero-order valence-corrected chi connectivity index (χ0v) is 21.1. The van der Waals surface area contributed by atoms with Crippen LogP contribution in [0.3, 0.4) is 0 Å². The molecule has 0 saturated carbocycles. The minimum Gasteiger partial charge on any atom is -0.495 e. The molecule has 37 heavy (non-hydrogen) atoms. The number of carbonyl (C=O) groups excluding carboxylic acids is 3. The Balaban J connectivity index is 1.51. The Morgan fingerprint density at radius 1 is 1.08 bits per heavy atom. The summed E-state index contributed by atoms with van der Waals surface area (Å²) < 4.78 is 43.4. The molecule has 1 N–H and O–H groups in total. The Kier molecular flexibility index (Phi) is 7.16. The van der Waals surface area contributed by atoms with Crippen LogP contribution in [0.15, 0.2) is 65.6 Å². The number of amides is 1. The highest BCUT2D eigenvalue weighted by atomic mass is 32.2. The van der Waals surface area contributed by atoms with Crippen molar-refractivity contribution in [3.05, 3.63) is 77.4 Å². The van der Waals surface area contributed by atoms with Gasteiger partial charge in [0.25, 0.3) is 15.9 Å².